The Morgan fingerprint density at radius 1 is 0.938 bits per heavy atom. The summed E-state index contributed by atoms with van der Waals surface area (Å²) in [5, 5.41) is 0. The summed E-state index contributed by atoms with van der Waals surface area (Å²) in [5.41, 5.74) is 1.27. The molecule has 0 amide bonds. The van der Waals surface area contributed by atoms with Crippen LogP contribution in [0, 0.1) is 29.1 Å². The van der Waals surface area contributed by atoms with E-state index in [4.69, 9.17) is 0 Å². The Bertz CT molecular complexity index is 467. The van der Waals surface area contributed by atoms with Gasteiger partial charge in [-0.2, -0.15) is 0 Å². The van der Waals surface area contributed by atoms with Crippen molar-refractivity contribution >= 4 is 22.0 Å². The predicted molar refractivity (Wildman–Crippen MR) is 52.3 cm³/mol. The van der Waals surface area contributed by atoms with Gasteiger partial charge in [0.1, 0.15) is 0 Å². The van der Waals surface area contributed by atoms with Crippen LogP contribution in [0.15, 0.2) is 10.2 Å². The van der Waals surface area contributed by atoms with Crippen LogP contribution in [0.2, 0.25) is 0 Å². The number of benzene rings is 1. The maximum atomic E-state index is 13.0. The standard InChI is InChI=1S/C10H4BrF5/c1-4(11)2-3-5-6(12)8(14)10(16)9(15)7(5)13/h3H,1H3. The normalized spacial score (nSPS) is 9.94. The van der Waals surface area contributed by atoms with E-state index in [-0.39, 0.29) is 0 Å². The molecule has 6 heteroatoms. The van der Waals surface area contributed by atoms with Gasteiger partial charge in [-0.1, -0.05) is 0 Å². The van der Waals surface area contributed by atoms with E-state index in [1.165, 1.54) is 6.92 Å². The number of rotatable bonds is 1. The van der Waals surface area contributed by atoms with Gasteiger partial charge >= 0.3 is 0 Å². The highest BCUT2D eigenvalue weighted by Gasteiger charge is 2.24. The van der Waals surface area contributed by atoms with Crippen molar-refractivity contribution in [3.8, 4) is 0 Å². The van der Waals surface area contributed by atoms with Crippen molar-refractivity contribution in [2.75, 3.05) is 0 Å². The molecule has 0 saturated carbocycles. The molecule has 0 heterocycles. The average molecular weight is 299 g/mol. The predicted octanol–water partition coefficient (Wildman–Crippen LogP) is 4.29. The van der Waals surface area contributed by atoms with E-state index in [9.17, 15) is 22.0 Å². The van der Waals surface area contributed by atoms with Crippen molar-refractivity contribution in [2.24, 2.45) is 0 Å². The Hall–Kier alpha value is -1.13. The van der Waals surface area contributed by atoms with Crippen LogP contribution in [0.1, 0.15) is 12.5 Å². The summed E-state index contributed by atoms with van der Waals surface area (Å²) in [6, 6.07) is 0. The molecule has 0 saturated heterocycles. The Morgan fingerprint density at radius 2 is 1.31 bits per heavy atom. The SMILES string of the molecule is CC(Br)=C=Cc1c(F)c(F)c(F)c(F)c1F. The molecule has 0 bridgehead atoms. The fourth-order valence-electron chi connectivity index (χ4n) is 0.920. The van der Waals surface area contributed by atoms with Crippen molar-refractivity contribution in [3.63, 3.8) is 0 Å². The highest BCUT2D eigenvalue weighted by atomic mass is 79.9. The first kappa shape index (κ1) is 12.9. The van der Waals surface area contributed by atoms with Gasteiger partial charge in [-0.05, 0) is 28.9 Å². The van der Waals surface area contributed by atoms with Crippen molar-refractivity contribution in [2.45, 2.75) is 6.92 Å². The van der Waals surface area contributed by atoms with Crippen LogP contribution >= 0.6 is 15.9 Å². The van der Waals surface area contributed by atoms with E-state index in [1.54, 1.807) is 0 Å². The van der Waals surface area contributed by atoms with E-state index >= 15 is 0 Å². The second-order valence-electron chi connectivity index (χ2n) is 2.81. The lowest BCUT2D eigenvalue weighted by molar-refractivity contribution is 0.377. The number of allylic oxidation sites excluding steroid dienone is 1. The first-order valence-electron chi connectivity index (χ1n) is 3.96. The van der Waals surface area contributed by atoms with Gasteiger partial charge in [0.05, 0.1) is 5.56 Å². The van der Waals surface area contributed by atoms with Crippen molar-refractivity contribution < 1.29 is 22.0 Å². The first-order valence-corrected chi connectivity index (χ1v) is 4.75. The van der Waals surface area contributed by atoms with Crippen LogP contribution in [-0.4, -0.2) is 0 Å². The lowest BCUT2D eigenvalue weighted by atomic mass is 10.1. The molecule has 16 heavy (non-hydrogen) atoms. The lowest BCUT2D eigenvalue weighted by Gasteiger charge is -2.03. The van der Waals surface area contributed by atoms with Crippen LogP contribution in [-0.2, 0) is 0 Å². The number of hydrogen-bond acceptors (Lipinski definition) is 0. The molecule has 0 fully saturated rings. The molecule has 1 aromatic carbocycles. The van der Waals surface area contributed by atoms with E-state index in [1.807, 2.05) is 0 Å². The molecule has 0 nitrogen and oxygen atoms in total. The zero-order valence-electron chi connectivity index (χ0n) is 7.85. The second kappa shape index (κ2) is 4.80. The third kappa shape index (κ3) is 2.33. The van der Waals surface area contributed by atoms with Crippen molar-refractivity contribution in [1.82, 2.24) is 0 Å². The maximum absolute atomic E-state index is 13.0. The lowest BCUT2D eigenvalue weighted by Crippen LogP contribution is -2.03. The molecular weight excluding hydrogens is 295 g/mol. The molecule has 0 unspecified atom stereocenters. The summed E-state index contributed by atoms with van der Waals surface area (Å²) in [6.45, 7) is 1.49. The monoisotopic (exact) mass is 298 g/mol. The Balaban J connectivity index is 3.59. The Labute approximate surface area is 96.2 Å². The van der Waals surface area contributed by atoms with Gasteiger partial charge < -0.3 is 0 Å². The minimum atomic E-state index is -2.17. The molecule has 0 aliphatic rings. The molecule has 1 aromatic rings. The fourth-order valence-corrected chi connectivity index (χ4v) is 1.03. The van der Waals surface area contributed by atoms with Gasteiger partial charge in [-0.15, -0.1) is 5.73 Å². The molecule has 0 radical (unpaired) electrons. The van der Waals surface area contributed by atoms with Gasteiger partial charge in [0.25, 0.3) is 0 Å². The van der Waals surface area contributed by atoms with Gasteiger partial charge in [-0.3, -0.25) is 0 Å². The zero-order valence-corrected chi connectivity index (χ0v) is 9.43. The van der Waals surface area contributed by atoms with E-state index < -0.39 is 34.6 Å². The summed E-state index contributed by atoms with van der Waals surface area (Å²) in [4.78, 5) is 0. The topological polar surface area (TPSA) is 0 Å². The van der Waals surface area contributed by atoms with Crippen LogP contribution in [0.4, 0.5) is 22.0 Å². The summed E-state index contributed by atoms with van der Waals surface area (Å²) in [6.07, 6.45) is 0.681. The highest BCUT2D eigenvalue weighted by Crippen LogP contribution is 2.23. The largest absolute Gasteiger partial charge is 0.203 e. The van der Waals surface area contributed by atoms with Crippen LogP contribution in [0.3, 0.4) is 0 Å². The van der Waals surface area contributed by atoms with Gasteiger partial charge in [-0.25, -0.2) is 22.0 Å². The molecule has 0 aromatic heterocycles. The Kier molecular flexibility index (Phi) is 3.88. The molecule has 0 spiro atoms. The van der Waals surface area contributed by atoms with E-state index in [2.05, 4.69) is 21.7 Å². The molecule has 0 aliphatic heterocycles. The third-order valence-electron chi connectivity index (χ3n) is 1.66. The minimum absolute atomic E-state index is 0.358. The Morgan fingerprint density at radius 3 is 1.69 bits per heavy atom. The third-order valence-corrected chi connectivity index (χ3v) is 1.89. The second-order valence-corrected chi connectivity index (χ2v) is 4.00. The molecular formula is C10H4BrF5. The highest BCUT2D eigenvalue weighted by molar-refractivity contribution is 9.11. The summed E-state index contributed by atoms with van der Waals surface area (Å²) >= 11 is 2.90. The molecule has 86 valence electrons. The number of hydrogen-bond donors (Lipinski definition) is 0. The van der Waals surface area contributed by atoms with Gasteiger partial charge in [0.15, 0.2) is 23.3 Å². The first-order chi connectivity index (χ1) is 7.36. The molecule has 1 rings (SSSR count). The number of halogens is 6. The minimum Gasteiger partial charge on any atom is -0.203 e. The van der Waals surface area contributed by atoms with Crippen LogP contribution in [0.25, 0.3) is 6.08 Å². The average Bonchev–Trinajstić information content (AvgIpc) is 2.23. The molecule has 0 aliphatic carbocycles. The van der Waals surface area contributed by atoms with Crippen molar-refractivity contribution in [3.05, 3.63) is 44.9 Å². The fraction of sp³-hybridized carbons (Fsp3) is 0.100. The quantitative estimate of drug-likeness (QED) is 0.314. The maximum Gasteiger partial charge on any atom is 0.200 e. The van der Waals surface area contributed by atoms with Crippen molar-refractivity contribution in [1.29, 1.82) is 0 Å². The molecule has 0 N–H and O–H groups in total. The summed E-state index contributed by atoms with van der Waals surface area (Å²) in [5.74, 6) is -9.87. The molecule has 0 atom stereocenters. The van der Waals surface area contributed by atoms with Crippen LogP contribution < -0.4 is 0 Å². The summed E-state index contributed by atoms with van der Waals surface area (Å²) in [7, 11) is 0. The van der Waals surface area contributed by atoms with E-state index in [0.29, 0.717) is 10.6 Å². The smallest absolute Gasteiger partial charge is 0.200 e. The van der Waals surface area contributed by atoms with Gasteiger partial charge in [0, 0.05) is 4.48 Å². The van der Waals surface area contributed by atoms with E-state index in [0.717, 1.165) is 0 Å². The summed E-state index contributed by atoms with van der Waals surface area (Å²) < 4.78 is 64.4. The zero-order chi connectivity index (χ0) is 12.5. The van der Waals surface area contributed by atoms with Crippen LogP contribution in [0.5, 0.6) is 0 Å². The van der Waals surface area contributed by atoms with Gasteiger partial charge in [0.2, 0.25) is 5.82 Å².